The van der Waals surface area contributed by atoms with Crippen molar-refractivity contribution in [1.82, 2.24) is 0 Å². The van der Waals surface area contributed by atoms with Crippen LogP contribution in [0.15, 0.2) is 30.3 Å². The third-order valence-electron chi connectivity index (χ3n) is 2.20. The van der Waals surface area contributed by atoms with Crippen molar-refractivity contribution in [3.8, 4) is 0 Å². The Morgan fingerprint density at radius 3 is 2.18 bits per heavy atom. The highest BCUT2D eigenvalue weighted by Gasteiger charge is 2.32. The van der Waals surface area contributed by atoms with Crippen molar-refractivity contribution < 1.29 is 18.9 Å². The summed E-state index contributed by atoms with van der Waals surface area (Å²) in [6, 6.07) is 8.15. The van der Waals surface area contributed by atoms with E-state index in [1.54, 1.807) is 13.8 Å². The monoisotopic (exact) mass is 258 g/mol. The maximum atomic E-state index is 12.2. The van der Waals surface area contributed by atoms with Crippen LogP contribution in [0, 0.1) is 0 Å². The van der Waals surface area contributed by atoms with Crippen molar-refractivity contribution >= 4 is 7.37 Å². The molecule has 17 heavy (non-hydrogen) atoms. The van der Waals surface area contributed by atoms with E-state index in [1.807, 2.05) is 30.3 Å². The first kappa shape index (κ1) is 14.4. The van der Waals surface area contributed by atoms with Crippen LogP contribution in [0.3, 0.4) is 0 Å². The van der Waals surface area contributed by atoms with Crippen LogP contribution in [0.4, 0.5) is 0 Å². The van der Waals surface area contributed by atoms with Gasteiger partial charge in [0.25, 0.3) is 7.37 Å². The summed E-state index contributed by atoms with van der Waals surface area (Å²) in [4.78, 5) is 10.00. The van der Waals surface area contributed by atoms with E-state index in [9.17, 15) is 9.46 Å². The van der Waals surface area contributed by atoms with Gasteiger partial charge in [-0.3, -0.25) is 4.57 Å². The molecule has 0 aliphatic heterocycles. The predicted molar refractivity (Wildman–Crippen MR) is 67.0 cm³/mol. The van der Waals surface area contributed by atoms with Crippen molar-refractivity contribution in [3.63, 3.8) is 0 Å². The Labute approximate surface area is 102 Å². The lowest BCUT2D eigenvalue weighted by Crippen LogP contribution is -2.18. The lowest BCUT2D eigenvalue weighted by Gasteiger charge is -2.22. The van der Waals surface area contributed by atoms with Crippen LogP contribution in [-0.4, -0.2) is 24.1 Å². The van der Waals surface area contributed by atoms with Gasteiger partial charge in [-0.1, -0.05) is 30.3 Å². The van der Waals surface area contributed by atoms with Crippen LogP contribution in [0.25, 0.3) is 0 Å². The third-order valence-corrected chi connectivity index (χ3v) is 3.98. The van der Waals surface area contributed by atoms with Crippen molar-refractivity contribution in [3.05, 3.63) is 35.9 Å². The van der Waals surface area contributed by atoms with Gasteiger partial charge < -0.3 is 14.4 Å². The van der Waals surface area contributed by atoms with Crippen molar-refractivity contribution in [1.29, 1.82) is 0 Å². The summed E-state index contributed by atoms with van der Waals surface area (Å²) in [6.45, 7) is 4.25. The summed E-state index contributed by atoms with van der Waals surface area (Å²) in [5.41, 5.74) is 0.808. The van der Waals surface area contributed by atoms with Gasteiger partial charge in [0.1, 0.15) is 0 Å². The van der Waals surface area contributed by atoms with Crippen LogP contribution in [0.2, 0.25) is 0 Å². The fourth-order valence-corrected chi connectivity index (χ4v) is 3.13. The van der Waals surface area contributed by atoms with Crippen molar-refractivity contribution in [2.75, 3.05) is 13.2 Å². The Balaban J connectivity index is 2.74. The second kappa shape index (κ2) is 6.92. The summed E-state index contributed by atoms with van der Waals surface area (Å²) in [6.07, 6.45) is 0.0680. The molecule has 1 aromatic carbocycles. The first-order valence-corrected chi connectivity index (χ1v) is 7.60. The molecule has 1 rings (SSSR count). The standard InChI is InChI=1S/C12H19O4P/c1-3-15-12(16-4-2)17(13,14)10-11-8-6-5-7-9-11/h5-9,12H,3-4,10H2,1-2H3,(H,13,14). The minimum atomic E-state index is -3.50. The highest BCUT2D eigenvalue weighted by atomic mass is 31.2. The molecule has 5 heteroatoms. The van der Waals surface area contributed by atoms with E-state index in [4.69, 9.17) is 9.47 Å². The van der Waals surface area contributed by atoms with Crippen LogP contribution in [0.1, 0.15) is 19.4 Å². The minimum absolute atomic E-state index is 0.0680. The normalized spacial score (nSPS) is 14.8. The lowest BCUT2D eigenvalue weighted by atomic mass is 10.2. The molecule has 96 valence electrons. The van der Waals surface area contributed by atoms with Gasteiger partial charge in [-0.15, -0.1) is 0 Å². The molecule has 0 fully saturated rings. The zero-order valence-corrected chi connectivity index (χ0v) is 11.1. The third kappa shape index (κ3) is 4.60. The van der Waals surface area contributed by atoms with E-state index in [-0.39, 0.29) is 6.16 Å². The quantitative estimate of drug-likeness (QED) is 0.603. The molecule has 0 heterocycles. The Bertz CT molecular complexity index is 360. The molecular formula is C12H19O4P. The fraction of sp³-hybridized carbons (Fsp3) is 0.500. The minimum Gasteiger partial charge on any atom is -0.345 e. The summed E-state index contributed by atoms with van der Waals surface area (Å²) in [5.74, 6) is 0. The molecule has 0 bridgehead atoms. The SMILES string of the molecule is CCOC(OCC)P(=O)(O)Cc1ccccc1. The predicted octanol–water partition coefficient (Wildman–Crippen LogP) is 2.81. The van der Waals surface area contributed by atoms with E-state index in [0.717, 1.165) is 5.56 Å². The van der Waals surface area contributed by atoms with Gasteiger partial charge in [-0.25, -0.2) is 0 Å². The van der Waals surface area contributed by atoms with Gasteiger partial charge >= 0.3 is 0 Å². The smallest absolute Gasteiger partial charge is 0.259 e. The van der Waals surface area contributed by atoms with Crippen LogP contribution in [0.5, 0.6) is 0 Å². The summed E-state index contributed by atoms with van der Waals surface area (Å²) in [7, 11) is -3.50. The molecular weight excluding hydrogens is 239 g/mol. The lowest BCUT2D eigenvalue weighted by molar-refractivity contribution is -0.0872. The van der Waals surface area contributed by atoms with Gasteiger partial charge in [0.05, 0.1) is 6.16 Å². The van der Waals surface area contributed by atoms with Crippen molar-refractivity contribution in [2.45, 2.75) is 26.0 Å². The fourth-order valence-electron chi connectivity index (χ4n) is 1.49. The summed E-state index contributed by atoms with van der Waals surface area (Å²) >= 11 is 0. The van der Waals surface area contributed by atoms with Crippen LogP contribution >= 0.6 is 7.37 Å². The van der Waals surface area contributed by atoms with E-state index in [0.29, 0.717) is 13.2 Å². The zero-order valence-electron chi connectivity index (χ0n) is 10.2. The van der Waals surface area contributed by atoms with Gasteiger partial charge in [0.15, 0.2) is 0 Å². The zero-order chi connectivity index (χ0) is 12.7. The van der Waals surface area contributed by atoms with E-state index >= 15 is 0 Å². The average molecular weight is 258 g/mol. The summed E-state index contributed by atoms with van der Waals surface area (Å²) in [5, 5.41) is 0. The molecule has 1 atom stereocenters. The average Bonchev–Trinajstić information content (AvgIpc) is 2.29. The Kier molecular flexibility index (Phi) is 5.86. The van der Waals surface area contributed by atoms with Gasteiger partial charge in [0.2, 0.25) is 6.03 Å². The number of hydrogen-bond acceptors (Lipinski definition) is 3. The maximum absolute atomic E-state index is 12.2. The molecule has 0 radical (unpaired) electrons. The van der Waals surface area contributed by atoms with Crippen molar-refractivity contribution in [2.24, 2.45) is 0 Å². The number of ether oxygens (including phenoxy) is 2. The highest BCUT2D eigenvalue weighted by molar-refractivity contribution is 7.57. The van der Waals surface area contributed by atoms with E-state index in [2.05, 4.69) is 0 Å². The Morgan fingerprint density at radius 2 is 1.71 bits per heavy atom. The van der Waals surface area contributed by atoms with Crippen LogP contribution in [-0.2, 0) is 20.2 Å². The Hall–Kier alpha value is -0.670. The molecule has 0 saturated heterocycles. The first-order chi connectivity index (χ1) is 8.10. The number of benzene rings is 1. The second-order valence-electron chi connectivity index (χ2n) is 3.62. The van der Waals surface area contributed by atoms with E-state index < -0.39 is 13.4 Å². The Morgan fingerprint density at radius 1 is 1.18 bits per heavy atom. The molecule has 1 aromatic rings. The molecule has 1 N–H and O–H groups in total. The molecule has 1 unspecified atom stereocenters. The molecule has 0 aliphatic carbocycles. The van der Waals surface area contributed by atoms with Crippen LogP contribution < -0.4 is 0 Å². The molecule has 0 saturated carbocycles. The van der Waals surface area contributed by atoms with E-state index in [1.165, 1.54) is 0 Å². The first-order valence-electron chi connectivity index (χ1n) is 5.68. The molecule has 0 aliphatic rings. The highest BCUT2D eigenvalue weighted by Crippen LogP contribution is 2.50. The largest absolute Gasteiger partial charge is 0.345 e. The molecule has 0 amide bonds. The topological polar surface area (TPSA) is 55.8 Å². The van der Waals surface area contributed by atoms with Gasteiger partial charge in [0, 0.05) is 13.2 Å². The molecule has 4 nitrogen and oxygen atoms in total. The molecule has 0 aromatic heterocycles. The second-order valence-corrected chi connectivity index (χ2v) is 5.87. The summed E-state index contributed by atoms with van der Waals surface area (Å²) < 4.78 is 22.5. The number of hydrogen-bond donors (Lipinski definition) is 1. The van der Waals surface area contributed by atoms with Gasteiger partial charge in [-0.2, -0.15) is 0 Å². The van der Waals surface area contributed by atoms with Gasteiger partial charge in [-0.05, 0) is 19.4 Å². The maximum Gasteiger partial charge on any atom is 0.259 e. The number of rotatable bonds is 7. The molecule has 0 spiro atoms.